The Morgan fingerprint density at radius 2 is 1.54 bits per heavy atom. The molecule has 0 aromatic heterocycles. The molecule has 122 valence electrons. The van der Waals surface area contributed by atoms with Gasteiger partial charge in [-0.1, -0.05) is 51.1 Å². The van der Waals surface area contributed by atoms with Crippen LogP contribution in [0.5, 0.6) is 11.5 Å². The van der Waals surface area contributed by atoms with Crippen LogP contribution >= 0.6 is 0 Å². The summed E-state index contributed by atoms with van der Waals surface area (Å²) < 4.78 is 10.0. The molecule has 0 bridgehead atoms. The summed E-state index contributed by atoms with van der Waals surface area (Å²) in [6.45, 7) is 6.54. The van der Waals surface area contributed by atoms with E-state index in [-0.39, 0.29) is 11.3 Å². The second-order valence-corrected chi connectivity index (χ2v) is 6.81. The van der Waals surface area contributed by atoms with Crippen molar-refractivity contribution < 1.29 is 9.47 Å². The number of rotatable bonds is 5. The van der Waals surface area contributed by atoms with Crippen LogP contribution in [0, 0.1) is 28.4 Å². The van der Waals surface area contributed by atoms with Crippen molar-refractivity contribution in [3.05, 3.63) is 59.7 Å². The number of para-hydroxylation sites is 1. The summed E-state index contributed by atoms with van der Waals surface area (Å²) >= 11 is 0. The fourth-order valence-corrected chi connectivity index (χ4v) is 2.75. The van der Waals surface area contributed by atoms with E-state index in [9.17, 15) is 0 Å². The molecular weight excluding hydrogens is 300 g/mol. The van der Waals surface area contributed by atoms with Gasteiger partial charge in [-0.15, -0.1) is 10.5 Å². The van der Waals surface area contributed by atoms with E-state index in [4.69, 9.17) is 20.0 Å². The van der Waals surface area contributed by atoms with Crippen molar-refractivity contribution in [2.24, 2.45) is 5.41 Å². The molecule has 1 unspecified atom stereocenters. The molecule has 4 nitrogen and oxygen atoms in total. The van der Waals surface area contributed by atoms with Crippen LogP contribution in [0.4, 0.5) is 0 Å². The highest BCUT2D eigenvalue weighted by molar-refractivity contribution is 5.44. The van der Waals surface area contributed by atoms with Crippen molar-refractivity contribution in [2.75, 3.05) is 0 Å². The first kappa shape index (κ1) is 17.4. The maximum Gasteiger partial charge on any atom is 0.292 e. The lowest BCUT2D eigenvalue weighted by molar-refractivity contribution is 0.353. The fraction of sp³-hybridized carbons (Fsp3) is 0.300. The Morgan fingerprint density at radius 1 is 0.917 bits per heavy atom. The predicted octanol–water partition coefficient (Wildman–Crippen LogP) is 4.97. The summed E-state index contributed by atoms with van der Waals surface area (Å²) in [6.07, 6.45) is 4.32. The molecule has 0 fully saturated rings. The maximum absolute atomic E-state index is 8.91. The minimum Gasteiger partial charge on any atom is -0.388 e. The van der Waals surface area contributed by atoms with Gasteiger partial charge in [0.2, 0.25) is 0 Å². The molecule has 0 aliphatic rings. The Labute approximate surface area is 142 Å². The molecular formula is C20H20N2O2. The zero-order valence-corrected chi connectivity index (χ0v) is 14.1. The molecule has 2 aromatic carbocycles. The van der Waals surface area contributed by atoms with Crippen LogP contribution in [0.3, 0.4) is 0 Å². The van der Waals surface area contributed by atoms with Gasteiger partial charge in [0.1, 0.15) is 11.5 Å². The van der Waals surface area contributed by atoms with E-state index in [1.807, 2.05) is 30.3 Å². The highest BCUT2D eigenvalue weighted by atomic mass is 16.5. The third kappa shape index (κ3) is 4.51. The smallest absolute Gasteiger partial charge is 0.292 e. The molecule has 1 atom stereocenters. The van der Waals surface area contributed by atoms with Gasteiger partial charge < -0.3 is 9.47 Å². The van der Waals surface area contributed by atoms with Gasteiger partial charge in [-0.3, -0.25) is 0 Å². The molecule has 0 radical (unpaired) electrons. The summed E-state index contributed by atoms with van der Waals surface area (Å²) in [5.74, 6) is 1.16. The first-order valence-corrected chi connectivity index (χ1v) is 7.75. The van der Waals surface area contributed by atoms with Gasteiger partial charge in [0.05, 0.1) is 0 Å². The summed E-state index contributed by atoms with van der Waals surface area (Å²) in [5.41, 5.74) is 2.15. The van der Waals surface area contributed by atoms with Gasteiger partial charge in [0.15, 0.2) is 0 Å². The van der Waals surface area contributed by atoms with Gasteiger partial charge in [0, 0.05) is 11.5 Å². The van der Waals surface area contributed by atoms with Crippen molar-refractivity contribution >= 4 is 0 Å². The number of ether oxygens (including phenoxy) is 2. The van der Waals surface area contributed by atoms with E-state index in [2.05, 4.69) is 20.8 Å². The Bertz CT molecular complexity index is 762. The van der Waals surface area contributed by atoms with E-state index in [1.165, 1.54) is 0 Å². The molecule has 24 heavy (non-hydrogen) atoms. The minimum absolute atomic E-state index is 0.0747. The third-order valence-electron chi connectivity index (χ3n) is 3.71. The topological polar surface area (TPSA) is 66.0 Å². The van der Waals surface area contributed by atoms with E-state index in [0.29, 0.717) is 11.5 Å². The number of hydrogen-bond acceptors (Lipinski definition) is 4. The van der Waals surface area contributed by atoms with Gasteiger partial charge in [0.25, 0.3) is 12.5 Å². The first-order chi connectivity index (χ1) is 11.4. The molecule has 0 saturated heterocycles. The molecule has 0 saturated carbocycles. The quantitative estimate of drug-likeness (QED) is 0.729. The van der Waals surface area contributed by atoms with Gasteiger partial charge in [-0.05, 0) is 35.6 Å². The van der Waals surface area contributed by atoms with Crippen molar-refractivity contribution in [3.63, 3.8) is 0 Å². The van der Waals surface area contributed by atoms with E-state index in [0.717, 1.165) is 17.5 Å². The van der Waals surface area contributed by atoms with Gasteiger partial charge >= 0.3 is 0 Å². The molecule has 4 heteroatoms. The summed E-state index contributed by atoms with van der Waals surface area (Å²) in [6, 6.07) is 15.1. The fourth-order valence-electron chi connectivity index (χ4n) is 2.75. The maximum atomic E-state index is 8.91. The highest BCUT2D eigenvalue weighted by Gasteiger charge is 2.24. The summed E-state index contributed by atoms with van der Waals surface area (Å²) in [4.78, 5) is 0. The van der Waals surface area contributed by atoms with Crippen molar-refractivity contribution in [1.29, 1.82) is 10.5 Å². The standard InChI is InChI=1S/C20H20N2O2/c1-20(2,3)12-18(15-8-10-16(11-9-15)23-13-21)17-6-4-5-7-19(17)24-14-22/h4-11,18H,12H2,1-3H3. The number of nitrogens with zero attached hydrogens (tertiary/aromatic N) is 2. The average Bonchev–Trinajstić information content (AvgIpc) is 2.54. The summed E-state index contributed by atoms with van der Waals surface area (Å²) in [5, 5.41) is 17.5. The average molecular weight is 320 g/mol. The van der Waals surface area contributed by atoms with Crippen LogP contribution in [-0.2, 0) is 0 Å². The normalized spacial score (nSPS) is 11.9. The van der Waals surface area contributed by atoms with Crippen molar-refractivity contribution in [1.82, 2.24) is 0 Å². The first-order valence-electron chi connectivity index (χ1n) is 7.75. The molecule has 0 N–H and O–H groups in total. The monoisotopic (exact) mass is 320 g/mol. The van der Waals surface area contributed by atoms with Crippen molar-refractivity contribution in [3.8, 4) is 24.0 Å². The molecule has 0 aliphatic carbocycles. The molecule has 2 rings (SSSR count). The van der Waals surface area contributed by atoms with E-state index < -0.39 is 0 Å². The van der Waals surface area contributed by atoms with E-state index >= 15 is 0 Å². The molecule has 0 amide bonds. The third-order valence-corrected chi connectivity index (χ3v) is 3.71. The van der Waals surface area contributed by atoms with E-state index in [1.54, 1.807) is 30.7 Å². The van der Waals surface area contributed by atoms with Crippen LogP contribution in [0.2, 0.25) is 0 Å². The lowest BCUT2D eigenvalue weighted by Crippen LogP contribution is -2.14. The Morgan fingerprint density at radius 3 is 2.12 bits per heavy atom. The lowest BCUT2D eigenvalue weighted by atomic mass is 9.78. The Balaban J connectivity index is 2.46. The molecule has 0 aliphatic heterocycles. The van der Waals surface area contributed by atoms with Crippen LogP contribution in [0.15, 0.2) is 48.5 Å². The van der Waals surface area contributed by atoms with Crippen LogP contribution < -0.4 is 9.47 Å². The van der Waals surface area contributed by atoms with Gasteiger partial charge in [-0.25, -0.2) is 0 Å². The van der Waals surface area contributed by atoms with Crippen LogP contribution in [0.1, 0.15) is 44.2 Å². The molecule has 0 heterocycles. The highest BCUT2D eigenvalue weighted by Crippen LogP contribution is 2.40. The molecule has 2 aromatic rings. The van der Waals surface area contributed by atoms with Gasteiger partial charge in [-0.2, -0.15) is 0 Å². The zero-order valence-electron chi connectivity index (χ0n) is 14.1. The van der Waals surface area contributed by atoms with Crippen LogP contribution in [-0.4, -0.2) is 0 Å². The second-order valence-electron chi connectivity index (χ2n) is 6.81. The lowest BCUT2D eigenvalue weighted by Gasteiger charge is -2.27. The molecule has 0 spiro atoms. The summed E-state index contributed by atoms with van der Waals surface area (Å²) in [7, 11) is 0. The predicted molar refractivity (Wildman–Crippen MR) is 91.3 cm³/mol. The largest absolute Gasteiger partial charge is 0.388 e. The number of benzene rings is 2. The SMILES string of the molecule is CC(C)(C)CC(c1ccc(OC#N)cc1)c1ccccc1OC#N. The Kier molecular flexibility index (Phi) is 5.45. The number of nitriles is 2. The zero-order chi connectivity index (χ0) is 17.6. The van der Waals surface area contributed by atoms with Crippen molar-refractivity contribution in [2.45, 2.75) is 33.1 Å². The number of hydrogen-bond donors (Lipinski definition) is 0. The minimum atomic E-state index is 0.0747. The second kappa shape index (κ2) is 7.53. The Hall–Kier alpha value is -2.98. The van der Waals surface area contributed by atoms with Crippen LogP contribution in [0.25, 0.3) is 0 Å².